The summed E-state index contributed by atoms with van der Waals surface area (Å²) in [5.41, 5.74) is -0.508. The lowest BCUT2D eigenvalue weighted by Gasteiger charge is -2.30. The first-order chi connectivity index (χ1) is 8.78. The fraction of sp³-hybridized carbons (Fsp3) is 0.846. The molecular weight excluding hydrogens is 266 g/mol. The Morgan fingerprint density at radius 2 is 2.05 bits per heavy atom. The summed E-state index contributed by atoms with van der Waals surface area (Å²) in [6, 6.07) is 0. The molecule has 2 N–H and O–H groups in total. The molecule has 0 aromatic rings. The molecule has 19 heavy (non-hydrogen) atoms. The van der Waals surface area contributed by atoms with Crippen molar-refractivity contribution in [2.75, 3.05) is 18.1 Å². The molecule has 1 heterocycles. The van der Waals surface area contributed by atoms with Gasteiger partial charge in [-0.05, 0) is 50.5 Å². The molecule has 1 aliphatic heterocycles. The number of amides is 1. The normalized spacial score (nSPS) is 23.7. The van der Waals surface area contributed by atoms with Crippen molar-refractivity contribution >= 4 is 23.8 Å². The van der Waals surface area contributed by atoms with Crippen LogP contribution in [0.1, 0.15) is 33.6 Å². The number of ether oxygens (including phenoxy) is 1. The first-order valence-electron chi connectivity index (χ1n) is 6.54. The number of thioether (sulfide) groups is 1. The van der Waals surface area contributed by atoms with E-state index in [1.807, 2.05) is 32.5 Å². The third-order valence-corrected chi connectivity index (χ3v) is 4.16. The monoisotopic (exact) mass is 289 g/mol. The van der Waals surface area contributed by atoms with Gasteiger partial charge >= 0.3 is 12.1 Å². The number of alkyl carbamates (subject to hydrolysis) is 1. The van der Waals surface area contributed by atoms with Crippen molar-refractivity contribution in [3.05, 3.63) is 0 Å². The number of hydrogen-bond donors (Lipinski definition) is 2. The van der Waals surface area contributed by atoms with E-state index in [9.17, 15) is 9.59 Å². The molecule has 0 aromatic carbocycles. The van der Waals surface area contributed by atoms with Crippen LogP contribution in [0.15, 0.2) is 0 Å². The van der Waals surface area contributed by atoms with Gasteiger partial charge in [-0.2, -0.15) is 11.8 Å². The lowest BCUT2D eigenvalue weighted by Crippen LogP contribution is -2.39. The van der Waals surface area contributed by atoms with Crippen LogP contribution in [-0.2, 0) is 9.53 Å². The summed E-state index contributed by atoms with van der Waals surface area (Å²) in [5, 5.41) is 11.6. The van der Waals surface area contributed by atoms with E-state index in [0.29, 0.717) is 6.54 Å². The van der Waals surface area contributed by atoms with E-state index in [4.69, 9.17) is 9.84 Å². The minimum Gasteiger partial charge on any atom is -0.481 e. The van der Waals surface area contributed by atoms with Crippen molar-refractivity contribution in [2.24, 2.45) is 11.8 Å². The Bertz CT molecular complexity index is 327. The van der Waals surface area contributed by atoms with Crippen LogP contribution in [0.25, 0.3) is 0 Å². The van der Waals surface area contributed by atoms with E-state index >= 15 is 0 Å². The van der Waals surface area contributed by atoms with Crippen LogP contribution >= 0.6 is 11.8 Å². The zero-order valence-corrected chi connectivity index (χ0v) is 12.6. The molecule has 110 valence electrons. The number of aliphatic carboxylic acids is 1. The van der Waals surface area contributed by atoms with Gasteiger partial charge in [-0.1, -0.05) is 0 Å². The fourth-order valence-electron chi connectivity index (χ4n) is 2.09. The predicted molar refractivity (Wildman–Crippen MR) is 75.4 cm³/mol. The van der Waals surface area contributed by atoms with Crippen molar-refractivity contribution in [3.8, 4) is 0 Å². The van der Waals surface area contributed by atoms with Gasteiger partial charge < -0.3 is 15.2 Å². The maximum absolute atomic E-state index is 11.6. The molecule has 1 fully saturated rings. The molecular formula is C13H23NO4S. The Hall–Kier alpha value is -0.910. The summed E-state index contributed by atoms with van der Waals surface area (Å²) in [7, 11) is 0. The predicted octanol–water partition coefficient (Wildman–Crippen LogP) is 2.36. The van der Waals surface area contributed by atoms with Crippen LogP contribution in [0.2, 0.25) is 0 Å². The molecule has 1 amide bonds. The average molecular weight is 289 g/mol. The quantitative estimate of drug-likeness (QED) is 0.831. The van der Waals surface area contributed by atoms with Crippen LogP contribution in [-0.4, -0.2) is 40.8 Å². The van der Waals surface area contributed by atoms with E-state index in [0.717, 1.165) is 17.9 Å². The highest BCUT2D eigenvalue weighted by atomic mass is 32.2. The van der Waals surface area contributed by atoms with Crippen molar-refractivity contribution in [1.29, 1.82) is 0 Å². The number of hydrogen-bond acceptors (Lipinski definition) is 4. The first-order valence-corrected chi connectivity index (χ1v) is 7.70. The molecule has 0 aromatic heterocycles. The van der Waals surface area contributed by atoms with Crippen molar-refractivity contribution < 1.29 is 19.4 Å². The maximum Gasteiger partial charge on any atom is 0.407 e. The van der Waals surface area contributed by atoms with Gasteiger partial charge in [0.15, 0.2) is 0 Å². The lowest BCUT2D eigenvalue weighted by atomic mass is 9.88. The molecule has 6 heteroatoms. The average Bonchev–Trinajstić information content (AvgIpc) is 2.24. The summed E-state index contributed by atoms with van der Waals surface area (Å²) in [5.74, 6) is 1.49. The Balaban J connectivity index is 2.40. The SMILES string of the molecule is CC(C)(C)OC(=O)NC[C@@H]1CSCC[C@@H]1CC(=O)O. The van der Waals surface area contributed by atoms with Crippen LogP contribution in [0.5, 0.6) is 0 Å². The minimum atomic E-state index is -0.765. The largest absolute Gasteiger partial charge is 0.481 e. The second-order valence-electron chi connectivity index (χ2n) is 5.86. The number of carbonyl (C=O) groups excluding carboxylic acids is 1. The van der Waals surface area contributed by atoms with Crippen LogP contribution in [0, 0.1) is 11.8 Å². The molecule has 0 unspecified atom stereocenters. The molecule has 0 spiro atoms. The summed E-state index contributed by atoms with van der Waals surface area (Å²) in [6.07, 6.45) is 0.649. The molecule has 1 aliphatic rings. The summed E-state index contributed by atoms with van der Waals surface area (Å²) < 4.78 is 5.17. The summed E-state index contributed by atoms with van der Waals surface area (Å²) in [4.78, 5) is 22.4. The zero-order valence-electron chi connectivity index (χ0n) is 11.8. The third-order valence-electron chi connectivity index (χ3n) is 2.98. The molecule has 2 atom stereocenters. The van der Waals surface area contributed by atoms with E-state index in [2.05, 4.69) is 5.32 Å². The Morgan fingerprint density at radius 1 is 1.37 bits per heavy atom. The van der Waals surface area contributed by atoms with Crippen LogP contribution in [0.3, 0.4) is 0 Å². The highest BCUT2D eigenvalue weighted by Gasteiger charge is 2.28. The van der Waals surface area contributed by atoms with Gasteiger partial charge in [-0.15, -0.1) is 0 Å². The topological polar surface area (TPSA) is 75.6 Å². The van der Waals surface area contributed by atoms with E-state index in [1.165, 1.54) is 0 Å². The number of rotatable bonds is 4. The summed E-state index contributed by atoms with van der Waals surface area (Å²) in [6.45, 7) is 5.93. The van der Waals surface area contributed by atoms with Gasteiger partial charge in [0.25, 0.3) is 0 Å². The molecule has 0 saturated carbocycles. The van der Waals surface area contributed by atoms with Crippen molar-refractivity contribution in [1.82, 2.24) is 5.32 Å². The van der Waals surface area contributed by atoms with Gasteiger partial charge in [0.05, 0.1) is 0 Å². The number of carboxylic acid groups (broad SMARTS) is 1. The van der Waals surface area contributed by atoms with E-state index < -0.39 is 17.7 Å². The van der Waals surface area contributed by atoms with E-state index in [1.54, 1.807) is 0 Å². The Morgan fingerprint density at radius 3 is 2.63 bits per heavy atom. The first kappa shape index (κ1) is 16.1. The maximum atomic E-state index is 11.6. The molecule has 0 aliphatic carbocycles. The van der Waals surface area contributed by atoms with Gasteiger partial charge in [0.1, 0.15) is 5.60 Å². The van der Waals surface area contributed by atoms with Gasteiger partial charge in [0, 0.05) is 13.0 Å². The molecule has 1 rings (SSSR count). The third kappa shape index (κ3) is 6.71. The van der Waals surface area contributed by atoms with E-state index in [-0.39, 0.29) is 18.3 Å². The molecule has 0 radical (unpaired) electrons. The highest BCUT2D eigenvalue weighted by Crippen LogP contribution is 2.30. The van der Waals surface area contributed by atoms with Crippen LogP contribution in [0.4, 0.5) is 4.79 Å². The number of carbonyl (C=O) groups is 2. The smallest absolute Gasteiger partial charge is 0.407 e. The lowest BCUT2D eigenvalue weighted by molar-refractivity contribution is -0.138. The fourth-order valence-corrected chi connectivity index (χ4v) is 3.42. The number of nitrogens with one attached hydrogen (secondary N) is 1. The number of carboxylic acids is 1. The zero-order chi connectivity index (χ0) is 14.5. The summed E-state index contributed by atoms with van der Waals surface area (Å²) >= 11 is 1.81. The molecule has 0 bridgehead atoms. The second kappa shape index (κ2) is 7.03. The molecule has 5 nitrogen and oxygen atoms in total. The standard InChI is InChI=1S/C13H23NO4S/c1-13(2,3)18-12(17)14-7-10-8-19-5-4-9(10)6-11(15)16/h9-10H,4-8H2,1-3H3,(H,14,17)(H,15,16)/t9-,10-/m1/s1. The Labute approximate surface area is 118 Å². The Kier molecular flexibility index (Phi) is 5.97. The van der Waals surface area contributed by atoms with Crippen LogP contribution < -0.4 is 5.32 Å². The second-order valence-corrected chi connectivity index (χ2v) is 7.01. The van der Waals surface area contributed by atoms with Gasteiger partial charge in [-0.25, -0.2) is 4.79 Å². The van der Waals surface area contributed by atoms with Crippen molar-refractivity contribution in [3.63, 3.8) is 0 Å². The van der Waals surface area contributed by atoms with Gasteiger partial charge in [0.2, 0.25) is 0 Å². The highest BCUT2D eigenvalue weighted by molar-refractivity contribution is 7.99. The van der Waals surface area contributed by atoms with Crippen molar-refractivity contribution in [2.45, 2.75) is 39.2 Å². The van der Waals surface area contributed by atoms with Gasteiger partial charge in [-0.3, -0.25) is 4.79 Å². The molecule has 1 saturated heterocycles. The minimum absolute atomic E-state index is 0.147.